The van der Waals surface area contributed by atoms with Crippen LogP contribution < -0.4 is 10.2 Å². The van der Waals surface area contributed by atoms with Crippen molar-refractivity contribution in [1.82, 2.24) is 14.9 Å². The van der Waals surface area contributed by atoms with Crippen molar-refractivity contribution < 1.29 is 4.79 Å². The number of benzene rings is 2. The number of para-hydroxylation sites is 1. The molecule has 0 unspecified atom stereocenters. The van der Waals surface area contributed by atoms with Gasteiger partial charge in [0, 0.05) is 38.4 Å². The van der Waals surface area contributed by atoms with E-state index in [-0.39, 0.29) is 5.91 Å². The van der Waals surface area contributed by atoms with Gasteiger partial charge in [-0.2, -0.15) is 0 Å². The van der Waals surface area contributed by atoms with Gasteiger partial charge in [0.15, 0.2) is 0 Å². The number of piperazine rings is 1. The second-order valence-electron chi connectivity index (χ2n) is 6.74. The lowest BCUT2D eigenvalue weighted by molar-refractivity contribution is 0.0740. The fourth-order valence-corrected chi connectivity index (χ4v) is 3.29. The Morgan fingerprint density at radius 1 is 0.857 bits per heavy atom. The van der Waals surface area contributed by atoms with Gasteiger partial charge in [0.05, 0.1) is 12.4 Å². The maximum Gasteiger partial charge on any atom is 0.274 e. The number of amides is 1. The molecular formula is C22H23N5O. The van der Waals surface area contributed by atoms with Crippen LogP contribution in [-0.2, 0) is 6.54 Å². The smallest absolute Gasteiger partial charge is 0.274 e. The molecule has 0 saturated carbocycles. The average molecular weight is 373 g/mol. The predicted molar refractivity (Wildman–Crippen MR) is 110 cm³/mol. The first-order valence-corrected chi connectivity index (χ1v) is 9.49. The van der Waals surface area contributed by atoms with Crippen molar-refractivity contribution in [1.29, 1.82) is 0 Å². The Hall–Kier alpha value is -3.41. The summed E-state index contributed by atoms with van der Waals surface area (Å²) in [6.45, 7) is 3.68. The number of rotatable bonds is 5. The number of anilines is 2. The van der Waals surface area contributed by atoms with Crippen LogP contribution in [0.5, 0.6) is 0 Å². The first kappa shape index (κ1) is 18.0. The second kappa shape index (κ2) is 8.52. The van der Waals surface area contributed by atoms with Gasteiger partial charge in [-0.1, -0.05) is 48.5 Å². The lowest BCUT2D eigenvalue weighted by Crippen LogP contribution is -2.49. The molecule has 142 valence electrons. The zero-order valence-corrected chi connectivity index (χ0v) is 15.7. The van der Waals surface area contributed by atoms with Crippen molar-refractivity contribution in [3.05, 3.63) is 84.3 Å². The highest BCUT2D eigenvalue weighted by Gasteiger charge is 2.23. The number of aromatic nitrogens is 2. The minimum atomic E-state index is -0.0604. The normalized spacial score (nSPS) is 14.0. The van der Waals surface area contributed by atoms with E-state index in [1.165, 1.54) is 11.3 Å². The second-order valence-corrected chi connectivity index (χ2v) is 6.74. The Bertz CT molecular complexity index is 891. The van der Waals surface area contributed by atoms with Crippen LogP contribution in [0.4, 0.5) is 11.5 Å². The molecule has 1 aromatic heterocycles. The summed E-state index contributed by atoms with van der Waals surface area (Å²) in [5.74, 6) is 0.601. The molecule has 0 bridgehead atoms. The highest BCUT2D eigenvalue weighted by atomic mass is 16.2. The largest absolute Gasteiger partial charge is 0.368 e. The molecule has 0 spiro atoms. The number of carbonyl (C=O) groups excluding carboxylic acids is 1. The van der Waals surface area contributed by atoms with E-state index in [0.717, 1.165) is 13.1 Å². The van der Waals surface area contributed by atoms with Crippen LogP contribution in [0.2, 0.25) is 0 Å². The maximum atomic E-state index is 12.7. The summed E-state index contributed by atoms with van der Waals surface area (Å²) >= 11 is 0. The van der Waals surface area contributed by atoms with Crippen molar-refractivity contribution in [2.45, 2.75) is 6.54 Å². The quantitative estimate of drug-likeness (QED) is 0.745. The van der Waals surface area contributed by atoms with Crippen LogP contribution in [-0.4, -0.2) is 47.0 Å². The standard InChI is InChI=1S/C22H23N5O/c28-22(27-13-11-26(12-14-27)19-9-5-2-6-10-19)20-16-25-21(17-23-20)24-15-18-7-3-1-4-8-18/h1-10,16-17H,11-15H2,(H,24,25). The van der Waals surface area contributed by atoms with Crippen LogP contribution in [0.25, 0.3) is 0 Å². The van der Waals surface area contributed by atoms with Gasteiger partial charge in [0.2, 0.25) is 0 Å². The molecule has 0 radical (unpaired) electrons. The molecule has 6 nitrogen and oxygen atoms in total. The van der Waals surface area contributed by atoms with Crippen LogP contribution >= 0.6 is 0 Å². The summed E-state index contributed by atoms with van der Waals surface area (Å²) in [5.41, 5.74) is 2.75. The fraction of sp³-hybridized carbons (Fsp3) is 0.227. The van der Waals surface area contributed by atoms with Crippen molar-refractivity contribution >= 4 is 17.4 Å². The Kier molecular flexibility index (Phi) is 5.47. The molecule has 2 aromatic carbocycles. The molecule has 6 heteroatoms. The summed E-state index contributed by atoms with van der Waals surface area (Å²) < 4.78 is 0. The molecule has 0 atom stereocenters. The summed E-state index contributed by atoms with van der Waals surface area (Å²) in [5, 5.41) is 3.23. The zero-order chi connectivity index (χ0) is 19.2. The number of hydrogen-bond donors (Lipinski definition) is 1. The summed E-state index contributed by atoms with van der Waals surface area (Å²) in [6, 6.07) is 20.4. The van der Waals surface area contributed by atoms with Gasteiger partial charge in [-0.15, -0.1) is 0 Å². The SMILES string of the molecule is O=C(c1cnc(NCc2ccccc2)cn1)N1CCN(c2ccccc2)CC1. The van der Waals surface area contributed by atoms with Gasteiger partial charge in [0.1, 0.15) is 11.5 Å². The van der Waals surface area contributed by atoms with E-state index in [1.807, 2.05) is 53.4 Å². The molecule has 0 aliphatic carbocycles. The van der Waals surface area contributed by atoms with E-state index in [2.05, 4.69) is 32.3 Å². The number of hydrogen-bond acceptors (Lipinski definition) is 5. The molecule has 28 heavy (non-hydrogen) atoms. The van der Waals surface area contributed by atoms with Gasteiger partial charge in [-0.3, -0.25) is 4.79 Å². The third kappa shape index (κ3) is 4.28. The first-order chi connectivity index (χ1) is 13.8. The van der Waals surface area contributed by atoms with Crippen LogP contribution in [0, 0.1) is 0 Å². The van der Waals surface area contributed by atoms with E-state index >= 15 is 0 Å². The van der Waals surface area contributed by atoms with E-state index in [1.54, 1.807) is 12.4 Å². The van der Waals surface area contributed by atoms with Crippen LogP contribution in [0.3, 0.4) is 0 Å². The molecule has 4 rings (SSSR count). The minimum Gasteiger partial charge on any atom is -0.368 e. The third-order valence-electron chi connectivity index (χ3n) is 4.88. The Morgan fingerprint density at radius 2 is 1.54 bits per heavy atom. The number of nitrogens with one attached hydrogen (secondary N) is 1. The first-order valence-electron chi connectivity index (χ1n) is 9.49. The fourth-order valence-electron chi connectivity index (χ4n) is 3.29. The maximum absolute atomic E-state index is 12.7. The lowest BCUT2D eigenvalue weighted by Gasteiger charge is -2.35. The van der Waals surface area contributed by atoms with Crippen molar-refractivity contribution in [2.24, 2.45) is 0 Å². The molecule has 1 fully saturated rings. The van der Waals surface area contributed by atoms with Gasteiger partial charge in [-0.25, -0.2) is 9.97 Å². The Labute approximate surface area is 164 Å². The van der Waals surface area contributed by atoms with Gasteiger partial charge < -0.3 is 15.1 Å². The molecule has 1 N–H and O–H groups in total. The highest BCUT2D eigenvalue weighted by Crippen LogP contribution is 2.16. The van der Waals surface area contributed by atoms with Gasteiger partial charge in [-0.05, 0) is 17.7 Å². The summed E-state index contributed by atoms with van der Waals surface area (Å²) in [4.78, 5) is 25.5. The molecule has 2 heterocycles. The van der Waals surface area contributed by atoms with Crippen molar-refractivity contribution in [3.8, 4) is 0 Å². The van der Waals surface area contributed by atoms with Gasteiger partial charge >= 0.3 is 0 Å². The molecule has 1 saturated heterocycles. The molecule has 1 amide bonds. The van der Waals surface area contributed by atoms with Gasteiger partial charge in [0.25, 0.3) is 5.91 Å². The van der Waals surface area contributed by atoms with Crippen LogP contribution in [0.15, 0.2) is 73.1 Å². The Morgan fingerprint density at radius 3 is 2.18 bits per heavy atom. The average Bonchev–Trinajstić information content (AvgIpc) is 2.79. The summed E-state index contributed by atoms with van der Waals surface area (Å²) in [7, 11) is 0. The highest BCUT2D eigenvalue weighted by molar-refractivity contribution is 5.92. The van der Waals surface area contributed by atoms with Crippen molar-refractivity contribution in [2.75, 3.05) is 36.4 Å². The zero-order valence-electron chi connectivity index (χ0n) is 15.7. The van der Waals surface area contributed by atoms with E-state index in [9.17, 15) is 4.79 Å². The molecule has 1 aliphatic heterocycles. The minimum absolute atomic E-state index is 0.0604. The van der Waals surface area contributed by atoms with E-state index in [4.69, 9.17) is 0 Å². The number of carbonyl (C=O) groups is 1. The Balaban J connectivity index is 1.31. The van der Waals surface area contributed by atoms with E-state index in [0.29, 0.717) is 31.1 Å². The molecule has 1 aliphatic rings. The number of nitrogens with zero attached hydrogens (tertiary/aromatic N) is 4. The molecule has 3 aromatic rings. The third-order valence-corrected chi connectivity index (χ3v) is 4.88. The lowest BCUT2D eigenvalue weighted by atomic mass is 10.2. The topological polar surface area (TPSA) is 61.4 Å². The monoisotopic (exact) mass is 373 g/mol. The van der Waals surface area contributed by atoms with E-state index < -0.39 is 0 Å². The summed E-state index contributed by atoms with van der Waals surface area (Å²) in [6.07, 6.45) is 3.18. The predicted octanol–water partition coefficient (Wildman–Crippen LogP) is 3.05. The molecular weight excluding hydrogens is 350 g/mol. The van der Waals surface area contributed by atoms with Crippen LogP contribution in [0.1, 0.15) is 16.1 Å². The van der Waals surface area contributed by atoms with Crippen molar-refractivity contribution in [3.63, 3.8) is 0 Å².